The first-order valence-corrected chi connectivity index (χ1v) is 7.16. The molecule has 160 valence electrons. The Bertz CT molecular complexity index is 140. The van der Waals surface area contributed by atoms with Gasteiger partial charge in [-0.25, -0.2) is 0 Å². The van der Waals surface area contributed by atoms with E-state index in [0.29, 0.717) is 0 Å². The van der Waals surface area contributed by atoms with Crippen molar-refractivity contribution in [2.75, 3.05) is 113 Å². The van der Waals surface area contributed by atoms with Gasteiger partial charge in [-0.15, -0.1) is 0 Å². The van der Waals surface area contributed by atoms with E-state index in [2.05, 4.69) is 113 Å². The number of halogens is 4. The molecule has 0 aromatic rings. The third-order valence-corrected chi connectivity index (χ3v) is 0. The zero-order valence-electron chi connectivity index (χ0n) is 19.3. The van der Waals surface area contributed by atoms with Crippen LogP contribution in [0.5, 0.6) is 0 Å². The van der Waals surface area contributed by atoms with E-state index in [1.807, 2.05) is 0 Å². The predicted octanol–water partition coefficient (Wildman–Crippen LogP) is -10.7. The van der Waals surface area contributed by atoms with Crippen molar-refractivity contribution in [2.24, 2.45) is 0 Å². The fourth-order valence-corrected chi connectivity index (χ4v) is 0. The molecule has 0 N–H and O–H groups in total. The summed E-state index contributed by atoms with van der Waals surface area (Å²) in [6, 6.07) is 0. The molecule has 0 heterocycles. The lowest BCUT2D eigenvalue weighted by atomic mass is 10.8. The van der Waals surface area contributed by atoms with Crippen molar-refractivity contribution in [3.8, 4) is 0 Å². The lowest BCUT2D eigenvalue weighted by Crippen LogP contribution is -3.00. The summed E-state index contributed by atoms with van der Waals surface area (Å²) in [5.74, 6) is 0. The number of rotatable bonds is 0. The van der Waals surface area contributed by atoms with Gasteiger partial charge in [0.05, 0.1) is 113 Å². The first-order valence-electron chi connectivity index (χ1n) is 7.16. The Kier molecular flexibility index (Phi) is 46.4. The normalized spacial score (nSPS) is 10.0. The highest BCUT2D eigenvalue weighted by molar-refractivity contribution is 3.88. The van der Waals surface area contributed by atoms with Gasteiger partial charge in [-0.1, -0.05) is 0 Å². The molecule has 0 unspecified atom stereocenters. The molecule has 0 fully saturated rings. The average Bonchev–Trinajstić information content (AvgIpc) is 1.62. The molecule has 0 aliphatic rings. The van der Waals surface area contributed by atoms with Crippen molar-refractivity contribution in [3.05, 3.63) is 0 Å². The highest BCUT2D eigenvalue weighted by atomic mass is 127. The van der Waals surface area contributed by atoms with Crippen LogP contribution in [0.15, 0.2) is 0 Å². The quantitative estimate of drug-likeness (QED) is 0.169. The summed E-state index contributed by atoms with van der Waals surface area (Å²) in [7, 11) is 34.0. The number of nitrogens with zero attached hydrogens (tertiary/aromatic N) is 4. The Balaban J connectivity index is -0.0000000225. The van der Waals surface area contributed by atoms with Gasteiger partial charge in [0.1, 0.15) is 0 Å². The van der Waals surface area contributed by atoms with Crippen LogP contribution >= 0.6 is 0 Å². The molecule has 24 heavy (non-hydrogen) atoms. The van der Waals surface area contributed by atoms with Crippen LogP contribution in [0, 0.1) is 0 Å². The second kappa shape index (κ2) is 22.1. The maximum Gasteiger partial charge on any atom is 0.0675 e. The van der Waals surface area contributed by atoms with E-state index >= 15 is 0 Å². The Morgan fingerprint density at radius 3 is 0.208 bits per heavy atom. The van der Waals surface area contributed by atoms with E-state index in [-0.39, 0.29) is 95.9 Å². The molecule has 0 radical (unpaired) electrons. The first kappa shape index (κ1) is 50.5. The van der Waals surface area contributed by atoms with E-state index < -0.39 is 0 Å². The van der Waals surface area contributed by atoms with Crippen LogP contribution in [-0.2, 0) is 0 Å². The molecule has 0 spiro atoms. The van der Waals surface area contributed by atoms with Gasteiger partial charge in [-0.2, -0.15) is 0 Å². The van der Waals surface area contributed by atoms with Crippen LogP contribution < -0.4 is 95.9 Å². The summed E-state index contributed by atoms with van der Waals surface area (Å²) >= 11 is 0. The lowest BCUT2D eigenvalue weighted by molar-refractivity contribution is -0.849. The summed E-state index contributed by atoms with van der Waals surface area (Å²) in [6.45, 7) is 0. The molecular weight excluding hydrogens is 756 g/mol. The Labute approximate surface area is 224 Å². The van der Waals surface area contributed by atoms with Crippen LogP contribution in [0.25, 0.3) is 0 Å². The van der Waals surface area contributed by atoms with Crippen molar-refractivity contribution < 1.29 is 114 Å². The average molecular weight is 804 g/mol. The van der Waals surface area contributed by atoms with E-state index in [1.165, 1.54) is 0 Å². The van der Waals surface area contributed by atoms with Crippen LogP contribution in [0.4, 0.5) is 0 Å². The van der Waals surface area contributed by atoms with Gasteiger partial charge in [0.2, 0.25) is 0 Å². The summed E-state index contributed by atoms with van der Waals surface area (Å²) in [6.07, 6.45) is 0. The molecule has 0 amide bonds. The second-order valence-corrected chi connectivity index (χ2v) is 10.7. The van der Waals surface area contributed by atoms with Crippen LogP contribution in [0.3, 0.4) is 0 Å². The maximum atomic E-state index is 2.12. The molecule has 8 heteroatoms. The minimum Gasteiger partial charge on any atom is -1.00 e. The van der Waals surface area contributed by atoms with Crippen molar-refractivity contribution in [1.82, 2.24) is 0 Å². The zero-order valence-corrected chi connectivity index (χ0v) is 27.9. The van der Waals surface area contributed by atoms with Crippen LogP contribution in [0.1, 0.15) is 0 Å². The van der Waals surface area contributed by atoms with Gasteiger partial charge in [0, 0.05) is 0 Å². The van der Waals surface area contributed by atoms with Crippen molar-refractivity contribution in [1.29, 1.82) is 0 Å². The molecule has 0 aliphatic heterocycles. The van der Waals surface area contributed by atoms with Crippen molar-refractivity contribution in [2.45, 2.75) is 0 Å². The maximum absolute atomic E-state index is 2.12. The molecular formula is C16H48I4N4. The molecule has 0 aliphatic carbocycles. The van der Waals surface area contributed by atoms with Gasteiger partial charge in [0.15, 0.2) is 0 Å². The molecule has 0 atom stereocenters. The SMILES string of the molecule is C[N+](C)(C)C.C[N+](C)(C)C.C[N+](C)(C)C.C[N+](C)(C)C.[I-].[I-].[I-].[I-]. The topological polar surface area (TPSA) is 0 Å². The zero-order chi connectivity index (χ0) is 18.0. The molecule has 0 bridgehead atoms. The fraction of sp³-hybridized carbons (Fsp3) is 1.00. The molecule has 0 saturated carbocycles. The summed E-state index contributed by atoms with van der Waals surface area (Å²) < 4.78 is 4.00. The smallest absolute Gasteiger partial charge is 0.0675 e. The molecule has 4 nitrogen and oxygen atoms in total. The third-order valence-electron chi connectivity index (χ3n) is 0. The molecule has 0 aromatic carbocycles. The summed E-state index contributed by atoms with van der Waals surface area (Å²) in [5.41, 5.74) is 0. The lowest BCUT2D eigenvalue weighted by Gasteiger charge is -2.14. The monoisotopic (exact) mass is 804 g/mol. The fourth-order valence-electron chi connectivity index (χ4n) is 0. The van der Waals surface area contributed by atoms with E-state index in [0.717, 1.165) is 17.9 Å². The van der Waals surface area contributed by atoms with Gasteiger partial charge >= 0.3 is 0 Å². The number of hydrogen-bond donors (Lipinski definition) is 0. The highest BCUT2D eigenvalue weighted by Crippen LogP contribution is 1.74. The Morgan fingerprint density at radius 2 is 0.208 bits per heavy atom. The summed E-state index contributed by atoms with van der Waals surface area (Å²) in [5, 5.41) is 0. The van der Waals surface area contributed by atoms with Crippen LogP contribution in [0.2, 0.25) is 0 Å². The predicted molar refractivity (Wildman–Crippen MR) is 95.8 cm³/mol. The Hall–Kier alpha value is 2.76. The van der Waals surface area contributed by atoms with E-state index in [9.17, 15) is 0 Å². The molecule has 0 rings (SSSR count). The van der Waals surface area contributed by atoms with Gasteiger partial charge in [-0.3, -0.25) is 0 Å². The van der Waals surface area contributed by atoms with Crippen molar-refractivity contribution in [3.63, 3.8) is 0 Å². The van der Waals surface area contributed by atoms with Gasteiger partial charge < -0.3 is 114 Å². The number of quaternary nitrogens is 4. The largest absolute Gasteiger partial charge is 1.00 e. The minimum absolute atomic E-state index is 0. The standard InChI is InChI=1S/4C4H12N.4HI/c4*1-5(2,3)4;;;;/h4*1-4H3;4*1H/q4*+1;;;;/p-4. The minimum atomic E-state index is 0. The van der Waals surface area contributed by atoms with E-state index in [4.69, 9.17) is 0 Å². The number of hydrogen-bond acceptors (Lipinski definition) is 0. The van der Waals surface area contributed by atoms with Gasteiger partial charge in [0.25, 0.3) is 0 Å². The van der Waals surface area contributed by atoms with Crippen molar-refractivity contribution >= 4 is 0 Å². The second-order valence-electron chi connectivity index (χ2n) is 10.7. The van der Waals surface area contributed by atoms with Crippen LogP contribution in [-0.4, -0.2) is 131 Å². The third kappa shape index (κ3) is 1830. The molecule has 0 saturated heterocycles. The highest BCUT2D eigenvalue weighted by Gasteiger charge is 1.89. The van der Waals surface area contributed by atoms with Gasteiger partial charge in [-0.05, 0) is 0 Å². The first-order chi connectivity index (χ1) is 8.00. The Morgan fingerprint density at radius 1 is 0.208 bits per heavy atom. The van der Waals surface area contributed by atoms with E-state index in [1.54, 1.807) is 0 Å². The molecule has 0 aromatic heterocycles. The summed E-state index contributed by atoms with van der Waals surface area (Å²) in [4.78, 5) is 0.